The fourth-order valence-corrected chi connectivity index (χ4v) is 4.33. The lowest BCUT2D eigenvalue weighted by Gasteiger charge is -2.24. The van der Waals surface area contributed by atoms with E-state index < -0.39 is 0 Å². The first-order valence-corrected chi connectivity index (χ1v) is 9.11. The number of nitrogens with zero attached hydrogens (tertiary/aromatic N) is 2. The SMILES string of the molecule is C1CCCC(NCCN2CCC(N3CCCC3)C2)CC1. The van der Waals surface area contributed by atoms with Crippen molar-refractivity contribution in [2.24, 2.45) is 0 Å². The molecule has 1 atom stereocenters. The van der Waals surface area contributed by atoms with Gasteiger partial charge in [-0.05, 0) is 51.7 Å². The molecule has 20 heavy (non-hydrogen) atoms. The zero-order valence-corrected chi connectivity index (χ0v) is 13.2. The van der Waals surface area contributed by atoms with E-state index in [-0.39, 0.29) is 0 Å². The van der Waals surface area contributed by atoms with E-state index >= 15 is 0 Å². The second kappa shape index (κ2) is 7.77. The lowest BCUT2D eigenvalue weighted by Crippen LogP contribution is -2.39. The molecule has 1 saturated carbocycles. The number of likely N-dealkylation sites (tertiary alicyclic amines) is 2. The van der Waals surface area contributed by atoms with E-state index in [1.807, 2.05) is 0 Å². The van der Waals surface area contributed by atoms with Crippen LogP contribution in [0, 0.1) is 0 Å². The molecule has 0 spiro atoms. The summed E-state index contributed by atoms with van der Waals surface area (Å²) in [6, 6.07) is 1.69. The van der Waals surface area contributed by atoms with Gasteiger partial charge in [-0.25, -0.2) is 0 Å². The molecule has 1 N–H and O–H groups in total. The maximum absolute atomic E-state index is 3.82. The number of nitrogens with one attached hydrogen (secondary N) is 1. The average Bonchev–Trinajstić information content (AvgIpc) is 3.07. The van der Waals surface area contributed by atoms with Gasteiger partial charge in [-0.1, -0.05) is 25.7 Å². The van der Waals surface area contributed by atoms with Gasteiger partial charge in [-0.15, -0.1) is 0 Å². The van der Waals surface area contributed by atoms with E-state index in [0.717, 1.165) is 12.1 Å². The van der Waals surface area contributed by atoms with E-state index in [0.29, 0.717) is 0 Å². The van der Waals surface area contributed by atoms with Crippen LogP contribution in [0.2, 0.25) is 0 Å². The van der Waals surface area contributed by atoms with E-state index in [4.69, 9.17) is 0 Å². The van der Waals surface area contributed by atoms with Crippen LogP contribution in [-0.4, -0.2) is 61.2 Å². The molecule has 1 aliphatic carbocycles. The second-order valence-corrected chi connectivity index (χ2v) is 7.13. The quantitative estimate of drug-likeness (QED) is 0.780. The van der Waals surface area contributed by atoms with Crippen molar-refractivity contribution < 1.29 is 0 Å². The summed E-state index contributed by atoms with van der Waals surface area (Å²) in [7, 11) is 0. The Morgan fingerprint density at radius 2 is 1.55 bits per heavy atom. The van der Waals surface area contributed by atoms with Crippen LogP contribution in [0.3, 0.4) is 0 Å². The Morgan fingerprint density at radius 3 is 2.30 bits per heavy atom. The molecule has 3 heteroatoms. The monoisotopic (exact) mass is 279 g/mol. The smallest absolute Gasteiger partial charge is 0.0235 e. The van der Waals surface area contributed by atoms with Crippen molar-refractivity contribution in [3.63, 3.8) is 0 Å². The van der Waals surface area contributed by atoms with Gasteiger partial charge < -0.3 is 10.2 Å². The Kier molecular flexibility index (Phi) is 5.75. The van der Waals surface area contributed by atoms with Crippen LogP contribution in [-0.2, 0) is 0 Å². The molecule has 116 valence electrons. The summed E-state index contributed by atoms with van der Waals surface area (Å²) in [6.07, 6.45) is 12.9. The highest BCUT2D eigenvalue weighted by molar-refractivity contribution is 4.86. The third kappa shape index (κ3) is 4.19. The molecule has 3 nitrogen and oxygen atoms in total. The Hall–Kier alpha value is -0.120. The average molecular weight is 279 g/mol. The molecule has 1 unspecified atom stereocenters. The lowest BCUT2D eigenvalue weighted by atomic mass is 10.1. The summed E-state index contributed by atoms with van der Waals surface area (Å²) < 4.78 is 0. The van der Waals surface area contributed by atoms with Crippen molar-refractivity contribution in [2.45, 2.75) is 69.9 Å². The molecule has 0 aromatic heterocycles. The summed E-state index contributed by atoms with van der Waals surface area (Å²) in [6.45, 7) is 7.84. The molecular weight excluding hydrogens is 246 g/mol. The first-order valence-electron chi connectivity index (χ1n) is 9.11. The first-order chi connectivity index (χ1) is 9.92. The van der Waals surface area contributed by atoms with Crippen LogP contribution >= 0.6 is 0 Å². The molecule has 0 amide bonds. The molecule has 0 bridgehead atoms. The standard InChI is InChI=1S/C17H33N3/c1-2-4-8-16(7-3-1)18-10-14-19-13-9-17(15-19)20-11-5-6-12-20/h16-18H,1-15H2. The van der Waals surface area contributed by atoms with E-state index in [9.17, 15) is 0 Å². The van der Waals surface area contributed by atoms with Gasteiger partial charge in [0.2, 0.25) is 0 Å². The summed E-state index contributed by atoms with van der Waals surface area (Å²) in [5, 5.41) is 3.82. The van der Waals surface area contributed by atoms with Gasteiger partial charge in [-0.3, -0.25) is 4.90 Å². The number of rotatable bonds is 5. The summed E-state index contributed by atoms with van der Waals surface area (Å²) in [4.78, 5) is 5.42. The zero-order chi connectivity index (χ0) is 13.6. The molecule has 0 aromatic carbocycles. The van der Waals surface area contributed by atoms with Crippen molar-refractivity contribution in [3.05, 3.63) is 0 Å². The highest BCUT2D eigenvalue weighted by Crippen LogP contribution is 2.20. The maximum atomic E-state index is 3.82. The highest BCUT2D eigenvalue weighted by Gasteiger charge is 2.28. The zero-order valence-electron chi connectivity index (χ0n) is 13.2. The normalized spacial score (nSPS) is 30.9. The highest BCUT2D eigenvalue weighted by atomic mass is 15.3. The van der Waals surface area contributed by atoms with Crippen LogP contribution in [0.15, 0.2) is 0 Å². The predicted octanol–water partition coefficient (Wildman–Crippen LogP) is 2.47. The summed E-state index contributed by atoms with van der Waals surface area (Å²) in [5.74, 6) is 0. The van der Waals surface area contributed by atoms with Crippen molar-refractivity contribution in [2.75, 3.05) is 39.3 Å². The minimum absolute atomic E-state index is 0.814. The fraction of sp³-hybridized carbons (Fsp3) is 1.00. The van der Waals surface area contributed by atoms with Crippen molar-refractivity contribution in [1.29, 1.82) is 0 Å². The Labute approximate surface area is 125 Å². The second-order valence-electron chi connectivity index (χ2n) is 7.13. The Bertz CT molecular complexity index is 267. The lowest BCUT2D eigenvalue weighted by molar-refractivity contribution is 0.231. The van der Waals surface area contributed by atoms with Gasteiger partial charge in [-0.2, -0.15) is 0 Å². The predicted molar refractivity (Wildman–Crippen MR) is 85.1 cm³/mol. The third-order valence-corrected chi connectivity index (χ3v) is 5.62. The first kappa shape index (κ1) is 14.8. The molecule has 0 radical (unpaired) electrons. The third-order valence-electron chi connectivity index (χ3n) is 5.62. The molecular formula is C17H33N3. The van der Waals surface area contributed by atoms with Crippen molar-refractivity contribution >= 4 is 0 Å². The fourth-order valence-electron chi connectivity index (χ4n) is 4.33. The topological polar surface area (TPSA) is 18.5 Å². The number of hydrogen-bond donors (Lipinski definition) is 1. The van der Waals surface area contributed by atoms with Crippen LogP contribution in [0.4, 0.5) is 0 Å². The van der Waals surface area contributed by atoms with E-state index in [1.165, 1.54) is 97.1 Å². The van der Waals surface area contributed by atoms with Gasteiger partial charge in [0, 0.05) is 31.7 Å². The van der Waals surface area contributed by atoms with Gasteiger partial charge in [0.05, 0.1) is 0 Å². The van der Waals surface area contributed by atoms with Gasteiger partial charge in [0.1, 0.15) is 0 Å². The number of hydrogen-bond acceptors (Lipinski definition) is 3. The minimum atomic E-state index is 0.814. The summed E-state index contributed by atoms with van der Waals surface area (Å²) >= 11 is 0. The molecule has 2 aliphatic heterocycles. The maximum Gasteiger partial charge on any atom is 0.0235 e. The Balaban J connectivity index is 1.31. The van der Waals surface area contributed by atoms with E-state index in [1.54, 1.807) is 0 Å². The minimum Gasteiger partial charge on any atom is -0.313 e. The van der Waals surface area contributed by atoms with Crippen LogP contribution in [0.1, 0.15) is 57.8 Å². The van der Waals surface area contributed by atoms with Crippen molar-refractivity contribution in [1.82, 2.24) is 15.1 Å². The molecule has 2 heterocycles. The van der Waals surface area contributed by atoms with E-state index in [2.05, 4.69) is 15.1 Å². The largest absolute Gasteiger partial charge is 0.313 e. The van der Waals surface area contributed by atoms with Crippen molar-refractivity contribution in [3.8, 4) is 0 Å². The molecule has 3 fully saturated rings. The van der Waals surface area contributed by atoms with Crippen LogP contribution in [0.25, 0.3) is 0 Å². The van der Waals surface area contributed by atoms with Gasteiger partial charge >= 0.3 is 0 Å². The van der Waals surface area contributed by atoms with Crippen LogP contribution < -0.4 is 5.32 Å². The Morgan fingerprint density at radius 1 is 0.800 bits per heavy atom. The molecule has 3 rings (SSSR count). The summed E-state index contributed by atoms with van der Waals surface area (Å²) in [5.41, 5.74) is 0. The molecule has 0 aromatic rings. The van der Waals surface area contributed by atoms with Gasteiger partial charge in [0.15, 0.2) is 0 Å². The molecule has 3 aliphatic rings. The molecule has 2 saturated heterocycles. The van der Waals surface area contributed by atoms with Crippen LogP contribution in [0.5, 0.6) is 0 Å². The van der Waals surface area contributed by atoms with Gasteiger partial charge in [0.25, 0.3) is 0 Å².